The summed E-state index contributed by atoms with van der Waals surface area (Å²) < 4.78 is 40.3. The topological polar surface area (TPSA) is 105 Å². The van der Waals surface area contributed by atoms with Crippen molar-refractivity contribution in [3.05, 3.63) is 83.9 Å². The van der Waals surface area contributed by atoms with Gasteiger partial charge in [-0.15, -0.1) is 0 Å². The van der Waals surface area contributed by atoms with E-state index in [0.717, 1.165) is 21.9 Å². The van der Waals surface area contributed by atoms with Crippen molar-refractivity contribution in [3.63, 3.8) is 0 Å². The van der Waals surface area contributed by atoms with Gasteiger partial charge in [-0.05, 0) is 49.6 Å². The summed E-state index contributed by atoms with van der Waals surface area (Å²) in [7, 11) is -4.17. The highest BCUT2D eigenvalue weighted by atomic mass is 32.2. The lowest BCUT2D eigenvalue weighted by atomic mass is 10.1. The molecule has 1 unspecified atom stereocenters. The van der Waals surface area contributed by atoms with E-state index in [-0.39, 0.29) is 23.0 Å². The monoisotopic (exact) mass is 579 g/mol. The fraction of sp³-hybridized carbons (Fsp3) is 0.355. The summed E-state index contributed by atoms with van der Waals surface area (Å²) >= 11 is 0. The smallest absolute Gasteiger partial charge is 0.264 e. The van der Waals surface area contributed by atoms with Crippen molar-refractivity contribution < 1.29 is 27.5 Å². The summed E-state index contributed by atoms with van der Waals surface area (Å²) in [4.78, 5) is 28.8. The van der Waals surface area contributed by atoms with Gasteiger partial charge in [0, 0.05) is 19.2 Å². The number of nitrogens with one attached hydrogen (secondary N) is 1. The number of carbonyl (C=O) groups excluding carboxylic acids is 2. The van der Waals surface area contributed by atoms with Crippen molar-refractivity contribution in [1.29, 1.82) is 0 Å². The highest BCUT2D eigenvalue weighted by molar-refractivity contribution is 7.92. The molecule has 0 spiro atoms. The highest BCUT2D eigenvalue weighted by Gasteiger charge is 2.34. The van der Waals surface area contributed by atoms with E-state index in [9.17, 15) is 18.0 Å². The molecule has 0 saturated carbocycles. The first kappa shape index (κ1) is 29.9. The van der Waals surface area contributed by atoms with Gasteiger partial charge in [-0.1, -0.05) is 61.9 Å². The number of aryl methyl sites for hydroxylation is 1. The van der Waals surface area contributed by atoms with Crippen molar-refractivity contribution in [2.75, 3.05) is 30.6 Å². The number of anilines is 1. The molecule has 1 aliphatic heterocycles. The Bertz CT molecular complexity index is 1440. The lowest BCUT2D eigenvalue weighted by Crippen LogP contribution is -2.52. The fourth-order valence-corrected chi connectivity index (χ4v) is 6.04. The molecule has 3 aromatic carbocycles. The van der Waals surface area contributed by atoms with Crippen molar-refractivity contribution in [1.82, 2.24) is 10.2 Å². The van der Waals surface area contributed by atoms with Gasteiger partial charge in [0.2, 0.25) is 11.8 Å². The lowest BCUT2D eigenvalue weighted by molar-refractivity contribution is -0.140. The summed E-state index contributed by atoms with van der Waals surface area (Å²) in [6.45, 7) is 6.60. The third kappa shape index (κ3) is 7.18. The number of carbonyl (C=O) groups is 2. The molecule has 0 aromatic heterocycles. The molecule has 1 aliphatic rings. The van der Waals surface area contributed by atoms with Gasteiger partial charge in [0.05, 0.1) is 10.6 Å². The standard InChI is InChI=1S/C31H37N3O6S/c1-4-17-32-31(36)27(5-2)33(21-24-13-11-23(3)12-14-24)30(35)22-34(41(37,38)26-9-7-6-8-10-26)25-15-16-28-29(20-25)40-19-18-39-28/h6-16,20,27H,4-5,17-19,21-22H2,1-3H3,(H,32,36). The molecule has 2 amide bonds. The van der Waals surface area contributed by atoms with Crippen molar-refractivity contribution in [2.24, 2.45) is 0 Å². The SMILES string of the molecule is CCCNC(=O)C(CC)N(Cc1ccc(C)cc1)C(=O)CN(c1ccc2c(c1)OCCO2)S(=O)(=O)c1ccccc1. The molecule has 41 heavy (non-hydrogen) atoms. The summed E-state index contributed by atoms with van der Waals surface area (Å²) in [5.74, 6) is 0.129. The third-order valence-electron chi connectivity index (χ3n) is 6.83. The van der Waals surface area contributed by atoms with Gasteiger partial charge in [0.25, 0.3) is 10.0 Å². The van der Waals surface area contributed by atoms with Crippen LogP contribution in [0.3, 0.4) is 0 Å². The van der Waals surface area contributed by atoms with Crippen molar-refractivity contribution in [2.45, 2.75) is 51.1 Å². The van der Waals surface area contributed by atoms with E-state index in [1.54, 1.807) is 36.4 Å². The molecule has 0 saturated heterocycles. The van der Waals surface area contributed by atoms with Crippen LogP contribution in [0.25, 0.3) is 0 Å². The molecule has 0 bridgehead atoms. The zero-order valence-corrected chi connectivity index (χ0v) is 24.5. The maximum absolute atomic E-state index is 14.1. The van der Waals surface area contributed by atoms with E-state index in [4.69, 9.17) is 9.47 Å². The zero-order chi connectivity index (χ0) is 29.4. The van der Waals surface area contributed by atoms with E-state index in [0.29, 0.717) is 37.7 Å². The van der Waals surface area contributed by atoms with Crippen LogP contribution in [0.4, 0.5) is 5.69 Å². The minimum atomic E-state index is -4.17. The molecule has 0 fully saturated rings. The second-order valence-electron chi connectivity index (χ2n) is 9.88. The van der Waals surface area contributed by atoms with Gasteiger partial charge < -0.3 is 19.7 Å². The van der Waals surface area contributed by atoms with E-state index in [1.165, 1.54) is 17.0 Å². The predicted octanol–water partition coefficient (Wildman–Crippen LogP) is 4.30. The largest absolute Gasteiger partial charge is 0.486 e. The maximum Gasteiger partial charge on any atom is 0.264 e. The van der Waals surface area contributed by atoms with Gasteiger partial charge in [-0.25, -0.2) is 8.42 Å². The van der Waals surface area contributed by atoms with Crippen LogP contribution < -0.4 is 19.1 Å². The number of hydrogen-bond donors (Lipinski definition) is 1. The average molecular weight is 580 g/mol. The fourth-order valence-electron chi connectivity index (χ4n) is 4.61. The number of amides is 2. The van der Waals surface area contributed by atoms with Gasteiger partial charge in [-0.2, -0.15) is 0 Å². The van der Waals surface area contributed by atoms with Crippen molar-refractivity contribution in [3.8, 4) is 11.5 Å². The summed E-state index contributed by atoms with van der Waals surface area (Å²) in [5, 5.41) is 2.89. The Morgan fingerprint density at radius 2 is 1.61 bits per heavy atom. The quantitative estimate of drug-likeness (QED) is 0.343. The van der Waals surface area contributed by atoms with E-state index >= 15 is 0 Å². The minimum Gasteiger partial charge on any atom is -0.486 e. The molecule has 4 rings (SSSR count). The third-order valence-corrected chi connectivity index (χ3v) is 8.62. The Morgan fingerprint density at radius 1 is 0.927 bits per heavy atom. The number of fused-ring (bicyclic) bond motifs is 1. The van der Waals surface area contributed by atoms with Crippen LogP contribution in [0.1, 0.15) is 37.8 Å². The normalized spacial score (nSPS) is 13.2. The first-order valence-electron chi connectivity index (χ1n) is 13.8. The Labute approximate surface area is 242 Å². The Balaban J connectivity index is 1.74. The maximum atomic E-state index is 14.1. The van der Waals surface area contributed by atoms with Gasteiger partial charge in [0.1, 0.15) is 25.8 Å². The molecular formula is C31H37N3O6S. The van der Waals surface area contributed by atoms with Crippen LogP contribution in [0, 0.1) is 6.92 Å². The molecule has 0 radical (unpaired) electrons. The molecule has 3 aromatic rings. The second-order valence-corrected chi connectivity index (χ2v) is 11.7. The molecule has 10 heteroatoms. The van der Waals surface area contributed by atoms with Crippen LogP contribution in [0.15, 0.2) is 77.7 Å². The summed E-state index contributed by atoms with van der Waals surface area (Å²) in [5.41, 5.74) is 2.16. The second kappa shape index (κ2) is 13.5. The summed E-state index contributed by atoms with van der Waals surface area (Å²) in [6.07, 6.45) is 1.11. The minimum absolute atomic E-state index is 0.0421. The number of rotatable bonds is 12. The number of sulfonamides is 1. The summed E-state index contributed by atoms with van der Waals surface area (Å²) in [6, 6.07) is 19.7. The van der Waals surface area contributed by atoms with E-state index < -0.39 is 28.5 Å². The highest BCUT2D eigenvalue weighted by Crippen LogP contribution is 2.36. The zero-order valence-electron chi connectivity index (χ0n) is 23.7. The lowest BCUT2D eigenvalue weighted by Gasteiger charge is -2.33. The van der Waals surface area contributed by atoms with Crippen molar-refractivity contribution >= 4 is 27.5 Å². The van der Waals surface area contributed by atoms with E-state index in [2.05, 4.69) is 5.32 Å². The van der Waals surface area contributed by atoms with Crippen LogP contribution in [0.2, 0.25) is 0 Å². The molecule has 1 heterocycles. The first-order valence-corrected chi connectivity index (χ1v) is 15.3. The number of hydrogen-bond acceptors (Lipinski definition) is 6. The Kier molecular flexibility index (Phi) is 9.88. The Morgan fingerprint density at radius 3 is 2.27 bits per heavy atom. The molecular weight excluding hydrogens is 542 g/mol. The van der Waals surface area contributed by atoms with Crippen LogP contribution in [-0.2, 0) is 26.2 Å². The molecule has 1 atom stereocenters. The first-order chi connectivity index (χ1) is 19.7. The number of ether oxygens (including phenoxy) is 2. The molecule has 1 N–H and O–H groups in total. The van der Waals surface area contributed by atoms with Gasteiger partial charge in [-0.3, -0.25) is 13.9 Å². The van der Waals surface area contributed by atoms with Crippen LogP contribution in [-0.4, -0.2) is 57.5 Å². The van der Waals surface area contributed by atoms with Crippen LogP contribution in [0.5, 0.6) is 11.5 Å². The number of nitrogens with zero attached hydrogens (tertiary/aromatic N) is 2. The molecule has 9 nitrogen and oxygen atoms in total. The number of benzene rings is 3. The Hall–Kier alpha value is -4.05. The van der Waals surface area contributed by atoms with E-state index in [1.807, 2.05) is 45.0 Å². The molecule has 0 aliphatic carbocycles. The van der Waals surface area contributed by atoms with Gasteiger partial charge in [0.15, 0.2) is 11.5 Å². The van der Waals surface area contributed by atoms with Gasteiger partial charge >= 0.3 is 0 Å². The average Bonchev–Trinajstić information content (AvgIpc) is 2.99. The van der Waals surface area contributed by atoms with Crippen LogP contribution >= 0.6 is 0 Å². The predicted molar refractivity (Wildman–Crippen MR) is 158 cm³/mol. The molecule has 218 valence electrons.